The first-order chi connectivity index (χ1) is 17.4. The van der Waals surface area contributed by atoms with Crippen molar-refractivity contribution in [2.75, 3.05) is 5.32 Å². The van der Waals surface area contributed by atoms with Crippen LogP contribution in [-0.4, -0.2) is 50.0 Å². The van der Waals surface area contributed by atoms with E-state index in [9.17, 15) is 14.7 Å². The second-order valence-corrected chi connectivity index (χ2v) is 9.08. The number of aryl methyl sites for hydroxylation is 1. The number of benzene rings is 2. The molecule has 2 aromatic carbocycles. The monoisotopic (exact) mass is 504 g/mol. The van der Waals surface area contributed by atoms with E-state index in [2.05, 4.69) is 15.6 Å². The molecule has 1 unspecified atom stereocenters. The van der Waals surface area contributed by atoms with Gasteiger partial charge in [-0.2, -0.15) is 0 Å². The molecular weight excluding hydrogens is 480 g/mol. The number of carbonyl (C=O) groups excluding carboxylic acids is 2. The number of nitrogens with zero attached hydrogens (tertiary/aromatic N) is 5. The zero-order valence-corrected chi connectivity index (χ0v) is 20.4. The van der Waals surface area contributed by atoms with Gasteiger partial charge in [-0.25, -0.2) is 4.99 Å². The molecule has 0 bridgehead atoms. The van der Waals surface area contributed by atoms with E-state index in [1.165, 1.54) is 4.68 Å². The van der Waals surface area contributed by atoms with E-state index in [1.54, 1.807) is 53.2 Å². The summed E-state index contributed by atoms with van der Waals surface area (Å²) >= 11 is 5.68. The third-order valence-electron chi connectivity index (χ3n) is 6.13. The number of anilines is 1. The number of hydrogen-bond acceptors (Lipinski definition) is 7. The Morgan fingerprint density at radius 3 is 2.53 bits per heavy atom. The lowest BCUT2D eigenvalue weighted by Gasteiger charge is -2.21. The Morgan fingerprint density at radius 1 is 1.19 bits per heavy atom. The zero-order valence-electron chi connectivity index (χ0n) is 19.5. The Kier molecular flexibility index (Phi) is 6.47. The zero-order chi connectivity index (χ0) is 25.2. The van der Waals surface area contributed by atoms with E-state index in [1.807, 2.05) is 24.3 Å². The molecule has 11 heteroatoms. The van der Waals surface area contributed by atoms with Crippen molar-refractivity contribution in [3.8, 4) is 0 Å². The predicted octanol–water partition coefficient (Wildman–Crippen LogP) is 1.43. The molecule has 1 aliphatic carbocycles. The minimum absolute atomic E-state index is 0.0268. The molecule has 2 heterocycles. The van der Waals surface area contributed by atoms with Gasteiger partial charge in [-0.15, -0.1) is 0 Å². The highest BCUT2D eigenvalue weighted by atomic mass is 32.1. The maximum Gasteiger partial charge on any atom is 0.325 e. The third kappa shape index (κ3) is 4.82. The van der Waals surface area contributed by atoms with Crippen molar-refractivity contribution in [1.82, 2.24) is 15.1 Å². The van der Waals surface area contributed by atoms with Gasteiger partial charge in [0.1, 0.15) is 12.6 Å². The number of carbonyl (C=O) groups is 2. The predicted molar refractivity (Wildman–Crippen MR) is 132 cm³/mol. The number of para-hydroxylation sites is 1. The van der Waals surface area contributed by atoms with Gasteiger partial charge in [0.15, 0.2) is 12.2 Å². The number of amides is 2. The normalized spacial score (nSPS) is 18.1. The molecule has 0 radical (unpaired) electrons. The Balaban J connectivity index is 1.40. The van der Waals surface area contributed by atoms with E-state index >= 15 is 0 Å². The van der Waals surface area contributed by atoms with Gasteiger partial charge in [0.2, 0.25) is 11.2 Å². The van der Waals surface area contributed by atoms with Gasteiger partial charge in [-0.3, -0.25) is 19.0 Å². The molecular formula is C25H24N6O4S. The van der Waals surface area contributed by atoms with Crippen LogP contribution in [0.2, 0.25) is 0 Å². The van der Waals surface area contributed by atoms with Crippen molar-refractivity contribution in [1.29, 1.82) is 0 Å². The van der Waals surface area contributed by atoms with Crippen LogP contribution >= 0.6 is 12.2 Å². The summed E-state index contributed by atoms with van der Waals surface area (Å²) in [5.74, 6) is -0.960. The Bertz CT molecular complexity index is 1320. The summed E-state index contributed by atoms with van der Waals surface area (Å²) in [5.41, 5.74) is 1.51. The fraction of sp³-hybridized carbons (Fsp3) is 0.280. The number of aliphatic imine (C=N–C) groups is 1. The SMILES string of the molecule is C[n+]1noc(/N=C(\[O-])c2ccccc2)c1CN1C(=S)N(C2CC2)C(=O)C1CC(=O)Nc1ccccc1. The molecule has 184 valence electrons. The van der Waals surface area contributed by atoms with Crippen molar-refractivity contribution in [2.45, 2.75) is 37.9 Å². The highest BCUT2D eigenvalue weighted by Gasteiger charge is 2.50. The molecule has 2 aliphatic rings. The fourth-order valence-corrected chi connectivity index (χ4v) is 4.54. The maximum atomic E-state index is 13.4. The van der Waals surface area contributed by atoms with E-state index < -0.39 is 11.9 Å². The Morgan fingerprint density at radius 2 is 1.86 bits per heavy atom. The van der Waals surface area contributed by atoms with Gasteiger partial charge < -0.3 is 15.3 Å². The van der Waals surface area contributed by atoms with E-state index in [0.717, 1.165) is 12.8 Å². The van der Waals surface area contributed by atoms with Crippen LogP contribution in [0.4, 0.5) is 11.6 Å². The van der Waals surface area contributed by atoms with Crippen molar-refractivity contribution >= 4 is 46.6 Å². The molecule has 1 atom stereocenters. The van der Waals surface area contributed by atoms with Crippen molar-refractivity contribution in [2.24, 2.45) is 12.0 Å². The van der Waals surface area contributed by atoms with Gasteiger partial charge in [-0.05, 0) is 53.3 Å². The molecule has 1 N–H and O–H groups in total. The molecule has 2 amide bonds. The summed E-state index contributed by atoms with van der Waals surface area (Å²) in [6, 6.07) is 16.9. The first kappa shape index (κ1) is 23.6. The lowest BCUT2D eigenvalue weighted by atomic mass is 10.1. The first-order valence-corrected chi connectivity index (χ1v) is 12.0. The summed E-state index contributed by atoms with van der Waals surface area (Å²) in [6.07, 6.45) is 1.66. The van der Waals surface area contributed by atoms with Crippen LogP contribution in [0.1, 0.15) is 30.5 Å². The van der Waals surface area contributed by atoms with Crippen molar-refractivity contribution < 1.29 is 23.9 Å². The van der Waals surface area contributed by atoms with E-state index in [4.69, 9.17) is 16.7 Å². The molecule has 5 rings (SSSR count). The maximum absolute atomic E-state index is 13.4. The molecule has 1 saturated carbocycles. The summed E-state index contributed by atoms with van der Waals surface area (Å²) in [6.45, 7) is 0.0952. The molecule has 3 aromatic rings. The molecule has 0 spiro atoms. The quantitative estimate of drug-likeness (QED) is 0.213. The number of thiocarbonyl (C=S) groups is 1. The summed E-state index contributed by atoms with van der Waals surface area (Å²) in [5, 5.41) is 19.7. The Labute approximate surface area is 212 Å². The first-order valence-electron chi connectivity index (χ1n) is 11.6. The molecule has 1 aromatic heterocycles. The number of nitrogens with one attached hydrogen (secondary N) is 1. The second-order valence-electron chi connectivity index (χ2n) is 8.72. The minimum atomic E-state index is -0.797. The average Bonchev–Trinajstić information content (AvgIpc) is 3.62. The van der Waals surface area contributed by atoms with Crippen molar-refractivity contribution in [3.63, 3.8) is 0 Å². The summed E-state index contributed by atoms with van der Waals surface area (Å²) in [4.78, 5) is 33.6. The van der Waals surface area contributed by atoms with E-state index in [-0.39, 0.29) is 36.7 Å². The number of rotatable bonds is 8. The summed E-state index contributed by atoms with van der Waals surface area (Å²) in [7, 11) is 1.65. The molecule has 1 aliphatic heterocycles. The standard InChI is InChI=1S/C25H24N6O4S/c1-29-20(23(35-28-29)27-22(33)16-8-4-2-5-9-16)15-30-19(24(34)31(25(30)36)18-12-13-18)14-21(32)26-17-10-6-3-7-11-17/h2-11,18-19H,12-15H2,1H3,(H-,26,27,28,32,33). The number of hydrogen-bond donors (Lipinski definition) is 1. The topological polar surface area (TPSA) is 118 Å². The van der Waals surface area contributed by atoms with Gasteiger partial charge in [0, 0.05) is 11.7 Å². The van der Waals surface area contributed by atoms with Crippen LogP contribution in [0, 0.1) is 0 Å². The lowest BCUT2D eigenvalue weighted by Crippen LogP contribution is -2.42. The van der Waals surface area contributed by atoms with Crippen LogP contribution in [0.15, 0.2) is 70.2 Å². The van der Waals surface area contributed by atoms with Crippen LogP contribution < -0.4 is 15.1 Å². The smallest absolute Gasteiger partial charge is 0.325 e. The van der Waals surface area contributed by atoms with Gasteiger partial charge >= 0.3 is 5.88 Å². The largest absolute Gasteiger partial charge is 0.858 e. The molecule has 36 heavy (non-hydrogen) atoms. The van der Waals surface area contributed by atoms with Crippen LogP contribution in [0.3, 0.4) is 0 Å². The highest BCUT2D eigenvalue weighted by Crippen LogP contribution is 2.35. The second kappa shape index (κ2) is 9.86. The van der Waals surface area contributed by atoms with Crippen LogP contribution in [-0.2, 0) is 23.2 Å². The fourth-order valence-electron chi connectivity index (χ4n) is 4.11. The third-order valence-corrected chi connectivity index (χ3v) is 6.56. The van der Waals surface area contributed by atoms with Crippen LogP contribution in [0.5, 0.6) is 0 Å². The Hall–Kier alpha value is -4.12. The minimum Gasteiger partial charge on any atom is -0.858 e. The van der Waals surface area contributed by atoms with Gasteiger partial charge in [0.25, 0.3) is 11.6 Å². The summed E-state index contributed by atoms with van der Waals surface area (Å²) < 4.78 is 6.77. The van der Waals surface area contributed by atoms with Crippen molar-refractivity contribution in [3.05, 3.63) is 71.9 Å². The van der Waals surface area contributed by atoms with Gasteiger partial charge in [0.05, 0.1) is 6.42 Å². The molecule has 1 saturated heterocycles. The van der Waals surface area contributed by atoms with Gasteiger partial charge in [-0.1, -0.05) is 48.5 Å². The molecule has 2 fully saturated rings. The number of aromatic nitrogens is 2. The average molecular weight is 505 g/mol. The van der Waals surface area contributed by atoms with Crippen LogP contribution in [0.25, 0.3) is 0 Å². The van der Waals surface area contributed by atoms with E-state index in [0.29, 0.717) is 22.1 Å². The highest BCUT2D eigenvalue weighted by molar-refractivity contribution is 7.80. The molecule has 10 nitrogen and oxygen atoms in total. The lowest BCUT2D eigenvalue weighted by molar-refractivity contribution is -0.746.